The van der Waals surface area contributed by atoms with Crippen LogP contribution in [0, 0.1) is 0 Å². The van der Waals surface area contributed by atoms with Crippen LogP contribution < -0.4 is 10.1 Å². The first-order valence-corrected chi connectivity index (χ1v) is 8.49. The molecule has 3 aromatic rings. The van der Waals surface area contributed by atoms with E-state index in [4.69, 9.17) is 4.74 Å². The summed E-state index contributed by atoms with van der Waals surface area (Å²) in [4.78, 5) is 17.1. The van der Waals surface area contributed by atoms with Gasteiger partial charge in [0, 0.05) is 29.6 Å². The second-order valence-corrected chi connectivity index (χ2v) is 6.52. The van der Waals surface area contributed by atoms with Crippen LogP contribution in [-0.4, -0.2) is 27.3 Å². The number of nitrogens with zero attached hydrogens (tertiary/aromatic N) is 3. The standard InChI is InChI=1S/C19H20N4O2/c1-12(2)23-18-13(11-21-23)9-14(10-20-18)19(24)22-16-7-8-25-17-6-4-3-5-15(16)17/h3-6,9-12,16H,7-8H2,1-2H3,(H,22,24)/t16-/m0/s1. The van der Waals surface area contributed by atoms with Crippen LogP contribution in [0.3, 0.4) is 0 Å². The Morgan fingerprint density at radius 3 is 3.00 bits per heavy atom. The Bertz CT molecular complexity index is 932. The average Bonchev–Trinajstić information content (AvgIpc) is 3.05. The minimum absolute atomic E-state index is 0.0495. The molecule has 0 aliphatic carbocycles. The number of carbonyl (C=O) groups is 1. The number of benzene rings is 1. The van der Waals surface area contributed by atoms with Crippen LogP contribution in [0.15, 0.2) is 42.7 Å². The van der Waals surface area contributed by atoms with Gasteiger partial charge in [-0.15, -0.1) is 0 Å². The minimum atomic E-state index is -0.131. The van der Waals surface area contributed by atoms with Gasteiger partial charge in [0.2, 0.25) is 0 Å². The zero-order valence-corrected chi connectivity index (χ0v) is 14.3. The van der Waals surface area contributed by atoms with E-state index in [2.05, 4.69) is 29.2 Å². The molecule has 3 heterocycles. The molecule has 0 radical (unpaired) electrons. The molecule has 0 spiro atoms. The minimum Gasteiger partial charge on any atom is -0.493 e. The molecule has 0 fully saturated rings. The molecule has 0 saturated carbocycles. The highest BCUT2D eigenvalue weighted by Gasteiger charge is 2.23. The molecule has 6 nitrogen and oxygen atoms in total. The van der Waals surface area contributed by atoms with Gasteiger partial charge in [0.1, 0.15) is 5.75 Å². The summed E-state index contributed by atoms with van der Waals surface area (Å²) in [6.07, 6.45) is 4.12. The Labute approximate surface area is 145 Å². The maximum Gasteiger partial charge on any atom is 0.253 e. The summed E-state index contributed by atoms with van der Waals surface area (Å²) in [5.74, 6) is 0.708. The second-order valence-electron chi connectivity index (χ2n) is 6.52. The maximum absolute atomic E-state index is 12.7. The van der Waals surface area contributed by atoms with Crippen molar-refractivity contribution >= 4 is 16.9 Å². The summed E-state index contributed by atoms with van der Waals surface area (Å²) < 4.78 is 7.50. The molecular weight excluding hydrogens is 316 g/mol. The van der Waals surface area contributed by atoms with Crippen LogP contribution >= 0.6 is 0 Å². The number of ether oxygens (including phenoxy) is 1. The van der Waals surface area contributed by atoms with Crippen molar-refractivity contribution in [3.8, 4) is 5.75 Å². The fourth-order valence-corrected chi connectivity index (χ4v) is 3.18. The zero-order valence-electron chi connectivity index (χ0n) is 14.3. The molecule has 1 aromatic carbocycles. The molecule has 4 rings (SSSR count). The monoisotopic (exact) mass is 336 g/mol. The first-order chi connectivity index (χ1) is 12.1. The lowest BCUT2D eigenvalue weighted by Gasteiger charge is -2.26. The fourth-order valence-electron chi connectivity index (χ4n) is 3.18. The van der Waals surface area contributed by atoms with Crippen LogP contribution in [0.25, 0.3) is 11.0 Å². The van der Waals surface area contributed by atoms with Gasteiger partial charge in [-0.2, -0.15) is 5.10 Å². The van der Waals surface area contributed by atoms with Crippen molar-refractivity contribution in [2.24, 2.45) is 0 Å². The van der Waals surface area contributed by atoms with Crippen LogP contribution in [0.4, 0.5) is 0 Å². The predicted octanol–water partition coefficient (Wildman–Crippen LogP) is 3.27. The lowest BCUT2D eigenvalue weighted by Crippen LogP contribution is -2.32. The van der Waals surface area contributed by atoms with E-state index in [1.807, 2.05) is 35.0 Å². The van der Waals surface area contributed by atoms with E-state index in [1.165, 1.54) is 0 Å². The van der Waals surface area contributed by atoms with Gasteiger partial charge in [-0.1, -0.05) is 18.2 Å². The predicted molar refractivity (Wildman–Crippen MR) is 94.7 cm³/mol. The molecule has 1 N–H and O–H groups in total. The highest BCUT2D eigenvalue weighted by atomic mass is 16.5. The van der Waals surface area contributed by atoms with Crippen LogP contribution in [0.5, 0.6) is 5.75 Å². The number of aromatic nitrogens is 3. The largest absolute Gasteiger partial charge is 0.493 e. The summed E-state index contributed by atoms with van der Waals surface area (Å²) in [6.45, 7) is 4.70. The van der Waals surface area contributed by atoms with Crippen molar-refractivity contribution in [2.45, 2.75) is 32.4 Å². The van der Waals surface area contributed by atoms with Gasteiger partial charge in [0.15, 0.2) is 5.65 Å². The quantitative estimate of drug-likeness (QED) is 0.797. The zero-order chi connectivity index (χ0) is 17.4. The Hall–Kier alpha value is -2.89. The Morgan fingerprint density at radius 2 is 2.16 bits per heavy atom. The van der Waals surface area contributed by atoms with E-state index in [1.54, 1.807) is 12.4 Å². The molecule has 0 unspecified atom stereocenters. The molecule has 0 bridgehead atoms. The van der Waals surface area contributed by atoms with Gasteiger partial charge in [-0.25, -0.2) is 9.67 Å². The third-order valence-corrected chi connectivity index (χ3v) is 4.45. The molecule has 2 aromatic heterocycles. The number of para-hydroxylation sites is 1. The number of fused-ring (bicyclic) bond motifs is 2. The normalized spacial score (nSPS) is 16.5. The molecule has 128 valence electrons. The molecule has 25 heavy (non-hydrogen) atoms. The number of carbonyl (C=O) groups excluding carboxylic acids is 1. The molecular formula is C19H20N4O2. The average molecular weight is 336 g/mol. The van der Waals surface area contributed by atoms with Crippen molar-refractivity contribution < 1.29 is 9.53 Å². The highest BCUT2D eigenvalue weighted by molar-refractivity contribution is 5.97. The Balaban J connectivity index is 1.59. The van der Waals surface area contributed by atoms with Gasteiger partial charge >= 0.3 is 0 Å². The van der Waals surface area contributed by atoms with Crippen LogP contribution in [0.2, 0.25) is 0 Å². The maximum atomic E-state index is 12.7. The van der Waals surface area contributed by atoms with E-state index >= 15 is 0 Å². The smallest absolute Gasteiger partial charge is 0.253 e. The van der Waals surface area contributed by atoms with Crippen molar-refractivity contribution in [2.75, 3.05) is 6.61 Å². The molecule has 1 aliphatic rings. The summed E-state index contributed by atoms with van der Waals surface area (Å²) in [7, 11) is 0. The van der Waals surface area contributed by atoms with E-state index in [0.717, 1.165) is 28.8 Å². The van der Waals surface area contributed by atoms with E-state index in [9.17, 15) is 4.79 Å². The number of rotatable bonds is 3. The van der Waals surface area contributed by atoms with Gasteiger partial charge in [0.05, 0.1) is 24.4 Å². The first-order valence-electron chi connectivity index (χ1n) is 8.49. The fraction of sp³-hybridized carbons (Fsp3) is 0.316. The van der Waals surface area contributed by atoms with Gasteiger partial charge < -0.3 is 10.1 Å². The first kappa shape index (κ1) is 15.6. The lowest BCUT2D eigenvalue weighted by molar-refractivity contribution is 0.0924. The topological polar surface area (TPSA) is 69.0 Å². The van der Waals surface area contributed by atoms with Gasteiger partial charge in [-0.3, -0.25) is 4.79 Å². The van der Waals surface area contributed by atoms with Crippen LogP contribution in [0.1, 0.15) is 48.3 Å². The lowest BCUT2D eigenvalue weighted by atomic mass is 10.0. The van der Waals surface area contributed by atoms with Crippen molar-refractivity contribution in [3.05, 3.63) is 53.9 Å². The van der Waals surface area contributed by atoms with E-state index < -0.39 is 0 Å². The summed E-state index contributed by atoms with van der Waals surface area (Å²) in [6, 6.07) is 9.84. The second kappa shape index (κ2) is 6.20. The number of nitrogens with one attached hydrogen (secondary N) is 1. The summed E-state index contributed by atoms with van der Waals surface area (Å²) in [5, 5.41) is 8.32. The van der Waals surface area contributed by atoms with Gasteiger partial charge in [0.25, 0.3) is 5.91 Å². The van der Waals surface area contributed by atoms with E-state index in [0.29, 0.717) is 12.2 Å². The van der Waals surface area contributed by atoms with E-state index in [-0.39, 0.29) is 18.0 Å². The molecule has 1 amide bonds. The van der Waals surface area contributed by atoms with Crippen molar-refractivity contribution in [1.29, 1.82) is 0 Å². The highest BCUT2D eigenvalue weighted by Crippen LogP contribution is 2.31. The third-order valence-electron chi connectivity index (χ3n) is 4.45. The third kappa shape index (κ3) is 2.84. The number of hydrogen-bond donors (Lipinski definition) is 1. The molecule has 1 aliphatic heterocycles. The number of hydrogen-bond acceptors (Lipinski definition) is 4. The molecule has 1 atom stereocenters. The Morgan fingerprint density at radius 1 is 1.32 bits per heavy atom. The molecule has 6 heteroatoms. The van der Waals surface area contributed by atoms with Gasteiger partial charge in [-0.05, 0) is 26.0 Å². The summed E-state index contributed by atoms with van der Waals surface area (Å²) >= 11 is 0. The number of pyridine rings is 1. The number of amides is 1. The Kier molecular flexibility index (Phi) is 3.87. The van der Waals surface area contributed by atoms with Crippen LogP contribution in [-0.2, 0) is 0 Å². The molecule has 0 saturated heterocycles. The van der Waals surface area contributed by atoms with Crippen molar-refractivity contribution in [3.63, 3.8) is 0 Å². The summed E-state index contributed by atoms with van der Waals surface area (Å²) in [5.41, 5.74) is 2.35. The van der Waals surface area contributed by atoms with Crippen molar-refractivity contribution in [1.82, 2.24) is 20.1 Å². The SMILES string of the molecule is CC(C)n1ncc2cc(C(=O)N[C@H]3CCOc4ccccc43)cnc21.